The largest absolute Gasteiger partial charge is 0.269 e. The van der Waals surface area contributed by atoms with E-state index in [0.29, 0.717) is 22.8 Å². The fraction of sp³-hybridized carbons (Fsp3) is 0.158. The third-order valence-electron chi connectivity index (χ3n) is 9.14. The molecule has 0 bridgehead atoms. The van der Waals surface area contributed by atoms with E-state index < -0.39 is 9.85 Å². The second-order valence-corrected chi connectivity index (χ2v) is 15.5. The van der Waals surface area contributed by atoms with Crippen molar-refractivity contribution in [3.8, 4) is 34.2 Å². The maximum Gasteiger partial charge on any atom is 0.269 e. The predicted molar refractivity (Wildman–Crippen MR) is 216 cm³/mol. The summed E-state index contributed by atoms with van der Waals surface area (Å²) >= 11 is 0. The zero-order valence-corrected chi connectivity index (χ0v) is 33.0. The Hall–Kier alpha value is -7.06. The average Bonchev–Trinajstić information content (AvgIpc) is 4.02. The first kappa shape index (κ1) is 37.8. The Kier molecular flexibility index (Phi) is 10.3. The highest BCUT2D eigenvalue weighted by molar-refractivity contribution is 8.76. The minimum absolute atomic E-state index is 0.00125. The van der Waals surface area contributed by atoms with Gasteiger partial charge in [0.15, 0.2) is 0 Å². The molecule has 4 heterocycles. The van der Waals surface area contributed by atoms with Crippen molar-refractivity contribution in [3.63, 3.8) is 0 Å². The molecule has 18 nitrogen and oxygen atoms in total. The van der Waals surface area contributed by atoms with Crippen LogP contribution in [0.1, 0.15) is 33.4 Å². The zero-order chi connectivity index (χ0) is 40.5. The number of non-ortho nitro benzene ring substituents is 2. The van der Waals surface area contributed by atoms with Gasteiger partial charge in [0, 0.05) is 24.3 Å². The monoisotopic (exact) mass is 812 g/mol. The van der Waals surface area contributed by atoms with Crippen molar-refractivity contribution in [2.45, 2.75) is 50.8 Å². The Morgan fingerprint density at radius 1 is 0.569 bits per heavy atom. The van der Waals surface area contributed by atoms with Crippen molar-refractivity contribution in [2.24, 2.45) is 0 Å². The molecule has 20 heteroatoms. The lowest BCUT2D eigenvalue weighted by Gasteiger charge is -2.13. The summed E-state index contributed by atoms with van der Waals surface area (Å²) in [5.41, 5.74) is 8.84. The molecule has 0 spiro atoms. The van der Waals surface area contributed by atoms with Crippen LogP contribution in [0.4, 0.5) is 11.4 Å². The number of nitro groups is 2. The van der Waals surface area contributed by atoms with Gasteiger partial charge >= 0.3 is 0 Å². The van der Waals surface area contributed by atoms with Gasteiger partial charge < -0.3 is 0 Å². The molecule has 0 amide bonds. The Balaban J connectivity index is 1.16. The average molecular weight is 813 g/mol. The maximum absolute atomic E-state index is 11.2. The first-order valence-electron chi connectivity index (χ1n) is 17.7. The van der Waals surface area contributed by atoms with Crippen molar-refractivity contribution in [1.82, 2.24) is 60.0 Å². The van der Waals surface area contributed by atoms with Gasteiger partial charge in [0.2, 0.25) is 11.6 Å². The van der Waals surface area contributed by atoms with Crippen LogP contribution in [0.2, 0.25) is 0 Å². The fourth-order valence-electron chi connectivity index (χ4n) is 6.26. The molecule has 4 aromatic heterocycles. The summed E-state index contributed by atoms with van der Waals surface area (Å²) in [5, 5.41) is 60.1. The topological polar surface area (TPSA) is 209 Å². The number of nitro benzene ring substituents is 2. The number of benzene rings is 4. The van der Waals surface area contributed by atoms with Crippen LogP contribution in [0.5, 0.6) is 0 Å². The van der Waals surface area contributed by atoms with Crippen molar-refractivity contribution in [3.05, 3.63) is 151 Å². The molecule has 0 N–H and O–H groups in total. The number of rotatable bonds is 13. The van der Waals surface area contributed by atoms with Crippen LogP contribution >= 0.6 is 21.6 Å². The highest BCUT2D eigenvalue weighted by Crippen LogP contribution is 2.46. The van der Waals surface area contributed by atoms with E-state index in [1.54, 1.807) is 36.7 Å². The molecule has 0 fully saturated rings. The van der Waals surface area contributed by atoms with E-state index in [2.05, 4.69) is 43.0 Å². The summed E-state index contributed by atoms with van der Waals surface area (Å²) in [6.45, 7) is 8.64. The third-order valence-corrected chi connectivity index (χ3v) is 11.5. The van der Waals surface area contributed by atoms with Gasteiger partial charge in [-0.15, -0.1) is 20.4 Å². The first-order valence-corrected chi connectivity index (χ1v) is 19.8. The number of hydrogen-bond donors (Lipinski definition) is 0. The predicted octanol–water partition coefficient (Wildman–Crippen LogP) is 7.31. The lowest BCUT2D eigenvalue weighted by Crippen LogP contribution is -2.04. The Morgan fingerprint density at radius 2 is 0.966 bits per heavy atom. The summed E-state index contributed by atoms with van der Waals surface area (Å²) in [5.74, 6) is 0.694. The second-order valence-electron chi connectivity index (χ2n) is 13.4. The zero-order valence-electron chi connectivity index (χ0n) is 31.4. The van der Waals surface area contributed by atoms with Gasteiger partial charge in [-0.25, -0.2) is 9.36 Å². The van der Waals surface area contributed by atoms with E-state index in [9.17, 15) is 20.2 Å². The van der Waals surface area contributed by atoms with E-state index in [1.807, 2.05) is 61.3 Å². The van der Waals surface area contributed by atoms with Gasteiger partial charge in [0.25, 0.3) is 11.4 Å². The van der Waals surface area contributed by atoms with E-state index >= 15 is 0 Å². The molecule has 290 valence electrons. The molecular weight excluding hydrogens is 781 g/mol. The minimum Gasteiger partial charge on any atom is -0.258 e. The third kappa shape index (κ3) is 7.82. The summed E-state index contributed by atoms with van der Waals surface area (Å²) in [6.07, 6.45) is 3.42. The normalized spacial score (nSPS) is 11.3. The summed E-state index contributed by atoms with van der Waals surface area (Å²) < 4.78 is 3.71. The number of tetrazole rings is 2. The number of aryl methyl sites for hydroxylation is 4. The van der Waals surface area contributed by atoms with E-state index in [4.69, 9.17) is 10.2 Å². The van der Waals surface area contributed by atoms with Crippen LogP contribution in [0.3, 0.4) is 0 Å². The van der Waals surface area contributed by atoms with Gasteiger partial charge in [0.05, 0.1) is 57.8 Å². The minimum atomic E-state index is -0.442. The molecule has 0 saturated heterocycles. The molecule has 0 atom stereocenters. The Bertz CT molecular complexity index is 2620. The lowest BCUT2D eigenvalue weighted by atomic mass is 10.1. The molecule has 0 aliphatic carbocycles. The van der Waals surface area contributed by atoms with Crippen LogP contribution in [0.25, 0.3) is 34.2 Å². The van der Waals surface area contributed by atoms with Gasteiger partial charge in [0.1, 0.15) is 10.1 Å². The molecule has 58 heavy (non-hydrogen) atoms. The van der Waals surface area contributed by atoms with Gasteiger partial charge in [-0.2, -0.15) is 19.8 Å². The molecular formula is C38H32N14O4S2. The van der Waals surface area contributed by atoms with Crippen molar-refractivity contribution >= 4 is 33.0 Å². The molecule has 0 radical (unpaired) electrons. The molecule has 8 aromatic rings. The molecule has 0 saturated carbocycles. The van der Waals surface area contributed by atoms with Crippen LogP contribution in [-0.2, 0) is 13.1 Å². The molecule has 0 unspecified atom stereocenters. The van der Waals surface area contributed by atoms with E-state index in [-0.39, 0.29) is 24.5 Å². The van der Waals surface area contributed by atoms with Crippen molar-refractivity contribution in [1.29, 1.82) is 0 Å². The van der Waals surface area contributed by atoms with Crippen LogP contribution in [-0.4, -0.2) is 69.8 Å². The Morgan fingerprint density at radius 3 is 1.33 bits per heavy atom. The van der Waals surface area contributed by atoms with Gasteiger partial charge in [-0.05, 0) is 94.1 Å². The molecule has 0 aliphatic heterocycles. The van der Waals surface area contributed by atoms with Crippen LogP contribution < -0.4 is 0 Å². The molecule has 4 aromatic carbocycles. The smallest absolute Gasteiger partial charge is 0.258 e. The lowest BCUT2D eigenvalue weighted by molar-refractivity contribution is -0.385. The summed E-state index contributed by atoms with van der Waals surface area (Å²) in [4.78, 5) is 24.3. The van der Waals surface area contributed by atoms with Crippen molar-refractivity contribution < 1.29 is 9.85 Å². The number of nitrogens with zero attached hydrogens (tertiary/aromatic N) is 14. The van der Waals surface area contributed by atoms with Gasteiger partial charge in [-0.1, -0.05) is 59.7 Å². The standard InChI is InChI=1S/C38H32N14O4S2/c1-23-5-15-33(25(3)17-23)49-37(31(19-39-49)35-41-45-47(43-35)21-27-7-11-29(12-8-27)51(53)54)57-58-38-32(20-40-50(38)34-16-6-24(2)18-26(34)4)36-42-46-48(44-36)22-28-9-13-30(14-10-28)52(55)56/h5-20H,21-22H2,1-4H3. The summed E-state index contributed by atoms with van der Waals surface area (Å²) in [6, 6.07) is 24.7. The first-order chi connectivity index (χ1) is 28.0. The number of aromatic nitrogens is 12. The molecule has 8 rings (SSSR count). The van der Waals surface area contributed by atoms with Crippen molar-refractivity contribution in [2.75, 3.05) is 0 Å². The Labute approximate surface area is 337 Å². The highest BCUT2D eigenvalue weighted by Gasteiger charge is 2.25. The maximum atomic E-state index is 11.2. The van der Waals surface area contributed by atoms with E-state index in [1.165, 1.54) is 55.4 Å². The van der Waals surface area contributed by atoms with Crippen LogP contribution in [0.15, 0.2) is 107 Å². The highest BCUT2D eigenvalue weighted by atomic mass is 33.1. The van der Waals surface area contributed by atoms with Crippen LogP contribution in [0, 0.1) is 47.9 Å². The summed E-state index contributed by atoms with van der Waals surface area (Å²) in [7, 11) is 2.87. The van der Waals surface area contributed by atoms with Gasteiger partial charge in [-0.3, -0.25) is 20.2 Å². The quantitative estimate of drug-likeness (QED) is 0.0635. The SMILES string of the molecule is Cc1ccc(-n2ncc(-c3nnn(Cc4ccc([N+](=O)[O-])cc4)n3)c2SSc2c(-c3nnn(Cc4ccc([N+](=O)[O-])cc4)n3)cnn2-c2ccc(C)cc2C)c(C)c1. The van der Waals surface area contributed by atoms with E-state index in [0.717, 1.165) is 54.8 Å². The fourth-order valence-corrected chi connectivity index (χ4v) is 8.75. The molecule has 0 aliphatic rings. The number of hydrogen-bond acceptors (Lipinski definition) is 14. The second kappa shape index (κ2) is 15.8.